The summed E-state index contributed by atoms with van der Waals surface area (Å²) in [6.07, 6.45) is 5.22. The van der Waals surface area contributed by atoms with Gasteiger partial charge < -0.3 is 9.72 Å². The molecule has 7 heteroatoms. The average molecular weight is 306 g/mol. The maximum atomic E-state index is 5.32. The van der Waals surface area contributed by atoms with E-state index in [2.05, 4.69) is 37.4 Å². The maximum Gasteiger partial charge on any atom is 0.226 e. The molecule has 0 aliphatic carbocycles. The molecule has 3 heterocycles. The van der Waals surface area contributed by atoms with E-state index in [-0.39, 0.29) is 0 Å². The number of aromatic nitrogens is 6. The minimum absolute atomic E-state index is 0.517. The predicted molar refractivity (Wildman–Crippen MR) is 85.0 cm³/mol. The van der Waals surface area contributed by atoms with Crippen LogP contribution in [-0.2, 0) is 6.54 Å². The third-order valence-corrected chi connectivity index (χ3v) is 3.63. The van der Waals surface area contributed by atoms with Gasteiger partial charge in [0, 0.05) is 11.8 Å². The van der Waals surface area contributed by atoms with E-state index in [4.69, 9.17) is 4.74 Å². The van der Waals surface area contributed by atoms with Crippen molar-refractivity contribution in [1.29, 1.82) is 0 Å². The number of aromatic amines is 1. The number of nitrogens with zero attached hydrogens (tertiary/aromatic N) is 5. The number of methoxy groups -OCH3 is 1. The second-order valence-electron chi connectivity index (χ2n) is 5.10. The van der Waals surface area contributed by atoms with E-state index in [1.165, 1.54) is 11.9 Å². The molecule has 0 radical (unpaired) electrons. The number of H-pyrrole nitrogens is 1. The van der Waals surface area contributed by atoms with E-state index in [1.807, 2.05) is 30.6 Å². The third-order valence-electron chi connectivity index (χ3n) is 3.63. The van der Waals surface area contributed by atoms with Crippen molar-refractivity contribution in [3.63, 3.8) is 0 Å². The van der Waals surface area contributed by atoms with Crippen LogP contribution in [0, 0.1) is 0 Å². The van der Waals surface area contributed by atoms with Crippen molar-refractivity contribution in [2.45, 2.75) is 6.54 Å². The van der Waals surface area contributed by atoms with Gasteiger partial charge in [0.25, 0.3) is 0 Å². The molecule has 3 aromatic heterocycles. The van der Waals surface area contributed by atoms with Crippen molar-refractivity contribution in [3.8, 4) is 17.1 Å². The molecule has 0 spiro atoms. The van der Waals surface area contributed by atoms with Crippen molar-refractivity contribution in [2.75, 3.05) is 7.11 Å². The molecule has 1 N–H and O–H groups in total. The molecule has 23 heavy (non-hydrogen) atoms. The van der Waals surface area contributed by atoms with Crippen LogP contribution in [0.3, 0.4) is 0 Å². The number of ether oxygens (including phenoxy) is 1. The quantitative estimate of drug-likeness (QED) is 0.625. The highest BCUT2D eigenvalue weighted by atomic mass is 16.5. The van der Waals surface area contributed by atoms with Crippen molar-refractivity contribution < 1.29 is 4.74 Å². The summed E-state index contributed by atoms with van der Waals surface area (Å²) in [5.74, 6) is 0.517. The Kier molecular flexibility index (Phi) is 3.23. The normalized spacial score (nSPS) is 11.0. The maximum absolute atomic E-state index is 5.32. The molecule has 4 rings (SSSR count). The summed E-state index contributed by atoms with van der Waals surface area (Å²) in [7, 11) is 1.59. The number of benzene rings is 1. The van der Waals surface area contributed by atoms with Gasteiger partial charge in [-0.1, -0.05) is 35.5 Å². The zero-order chi connectivity index (χ0) is 15.6. The Morgan fingerprint density at radius 1 is 1.17 bits per heavy atom. The topological polar surface area (TPSA) is 81.5 Å². The fourth-order valence-corrected chi connectivity index (χ4v) is 2.56. The zero-order valence-corrected chi connectivity index (χ0v) is 12.5. The van der Waals surface area contributed by atoms with E-state index in [0.717, 1.165) is 16.6 Å². The molecule has 0 bridgehead atoms. The molecule has 0 amide bonds. The van der Waals surface area contributed by atoms with Gasteiger partial charge in [-0.15, -0.1) is 5.10 Å². The Bertz CT molecular complexity index is 944. The van der Waals surface area contributed by atoms with Crippen LogP contribution in [0.15, 0.2) is 49.1 Å². The molecule has 0 unspecified atom stereocenters. The molecule has 7 nitrogen and oxygen atoms in total. The summed E-state index contributed by atoms with van der Waals surface area (Å²) in [5.41, 5.74) is 3.50. The Morgan fingerprint density at radius 3 is 2.87 bits per heavy atom. The highest BCUT2D eigenvalue weighted by molar-refractivity contribution is 5.95. The second kappa shape index (κ2) is 5.53. The summed E-state index contributed by atoms with van der Waals surface area (Å²) < 4.78 is 7.13. The van der Waals surface area contributed by atoms with Crippen LogP contribution < -0.4 is 4.74 Å². The van der Waals surface area contributed by atoms with E-state index in [0.29, 0.717) is 18.1 Å². The van der Waals surface area contributed by atoms with E-state index in [9.17, 15) is 0 Å². The Labute approximate surface area is 132 Å². The fraction of sp³-hybridized carbons (Fsp3) is 0.125. The van der Waals surface area contributed by atoms with Crippen LogP contribution in [0.25, 0.3) is 22.3 Å². The van der Waals surface area contributed by atoms with E-state index < -0.39 is 0 Å². The molecule has 4 aromatic rings. The highest BCUT2D eigenvalue weighted by Gasteiger charge is 2.15. The van der Waals surface area contributed by atoms with Crippen molar-refractivity contribution in [3.05, 3.63) is 54.6 Å². The smallest absolute Gasteiger partial charge is 0.226 e. The Morgan fingerprint density at radius 2 is 2.04 bits per heavy atom. The summed E-state index contributed by atoms with van der Waals surface area (Å²) in [6.45, 7) is 0.670. The summed E-state index contributed by atoms with van der Waals surface area (Å²) in [6, 6.07) is 10.1. The fourth-order valence-electron chi connectivity index (χ4n) is 2.56. The van der Waals surface area contributed by atoms with Crippen LogP contribution >= 0.6 is 0 Å². The molecule has 0 fully saturated rings. The van der Waals surface area contributed by atoms with Gasteiger partial charge in [0.15, 0.2) is 0 Å². The molecular weight excluding hydrogens is 292 g/mol. The van der Waals surface area contributed by atoms with Crippen molar-refractivity contribution >= 4 is 11.0 Å². The lowest BCUT2D eigenvalue weighted by Crippen LogP contribution is -1.99. The monoisotopic (exact) mass is 306 g/mol. The van der Waals surface area contributed by atoms with Crippen LogP contribution in [0.1, 0.15) is 5.56 Å². The number of fused-ring (bicyclic) bond motifs is 1. The van der Waals surface area contributed by atoms with E-state index in [1.54, 1.807) is 11.8 Å². The van der Waals surface area contributed by atoms with Crippen molar-refractivity contribution in [1.82, 2.24) is 29.9 Å². The van der Waals surface area contributed by atoms with Crippen molar-refractivity contribution in [2.24, 2.45) is 0 Å². The lowest BCUT2D eigenvalue weighted by atomic mass is 10.2. The van der Waals surface area contributed by atoms with Gasteiger partial charge in [0.1, 0.15) is 17.7 Å². The SMILES string of the molecule is COc1ncnc2[nH]cc(-c3cn(Cc4ccccc4)nn3)c12. The summed E-state index contributed by atoms with van der Waals surface area (Å²) in [4.78, 5) is 11.5. The van der Waals surface area contributed by atoms with Gasteiger partial charge in [0.05, 0.1) is 25.2 Å². The van der Waals surface area contributed by atoms with Crippen LogP contribution in [0.2, 0.25) is 0 Å². The van der Waals surface area contributed by atoms with Crippen LogP contribution in [0.5, 0.6) is 5.88 Å². The second-order valence-corrected chi connectivity index (χ2v) is 5.10. The lowest BCUT2D eigenvalue weighted by Gasteiger charge is -2.01. The number of rotatable bonds is 4. The van der Waals surface area contributed by atoms with Gasteiger partial charge in [0.2, 0.25) is 5.88 Å². The first-order chi connectivity index (χ1) is 11.3. The van der Waals surface area contributed by atoms with Gasteiger partial charge in [-0.05, 0) is 5.56 Å². The van der Waals surface area contributed by atoms with Gasteiger partial charge >= 0.3 is 0 Å². The van der Waals surface area contributed by atoms with Gasteiger partial charge in [-0.3, -0.25) is 0 Å². The van der Waals surface area contributed by atoms with Crippen LogP contribution in [0.4, 0.5) is 0 Å². The molecule has 0 aliphatic heterocycles. The molecule has 1 aromatic carbocycles. The molecule has 0 atom stereocenters. The van der Waals surface area contributed by atoms with Gasteiger partial charge in [-0.25, -0.2) is 14.6 Å². The Hall–Kier alpha value is -3.22. The molecule has 0 aliphatic rings. The number of hydrogen-bond acceptors (Lipinski definition) is 5. The lowest BCUT2D eigenvalue weighted by molar-refractivity contribution is 0.403. The Balaban J connectivity index is 1.72. The average Bonchev–Trinajstić information content (AvgIpc) is 3.22. The van der Waals surface area contributed by atoms with Crippen LogP contribution in [-0.4, -0.2) is 37.1 Å². The minimum Gasteiger partial charge on any atom is -0.480 e. The third kappa shape index (κ3) is 2.42. The minimum atomic E-state index is 0.517. The molecule has 0 saturated carbocycles. The first-order valence-electron chi connectivity index (χ1n) is 7.15. The van der Waals surface area contributed by atoms with Gasteiger partial charge in [-0.2, -0.15) is 0 Å². The van der Waals surface area contributed by atoms with E-state index >= 15 is 0 Å². The number of hydrogen-bond donors (Lipinski definition) is 1. The largest absolute Gasteiger partial charge is 0.480 e. The molecule has 0 saturated heterocycles. The number of nitrogens with one attached hydrogen (secondary N) is 1. The standard InChI is InChI=1S/C16H14N6O/c1-23-16-14-12(7-17-15(14)18-10-19-16)13-9-22(21-20-13)8-11-5-3-2-4-6-11/h2-7,9-10H,8H2,1H3,(H,17,18,19). The highest BCUT2D eigenvalue weighted by Crippen LogP contribution is 2.31. The first-order valence-corrected chi connectivity index (χ1v) is 7.15. The summed E-state index contributed by atoms with van der Waals surface area (Å²) in [5, 5.41) is 9.27. The molecule has 114 valence electrons. The molecular formula is C16H14N6O. The zero-order valence-electron chi connectivity index (χ0n) is 12.5. The first kappa shape index (κ1) is 13.4. The predicted octanol–water partition coefficient (Wildman–Crippen LogP) is 2.27. The summed E-state index contributed by atoms with van der Waals surface area (Å²) >= 11 is 0.